The van der Waals surface area contributed by atoms with Crippen LogP contribution in [0, 0.1) is 34.5 Å². The van der Waals surface area contributed by atoms with Crippen LogP contribution < -0.4 is 42.5 Å². The van der Waals surface area contributed by atoms with Gasteiger partial charge in [-0.3, -0.25) is 33.6 Å². The minimum absolute atomic E-state index is 0.101. The Morgan fingerprint density at radius 3 is 1.44 bits per heavy atom. The number of likely N-dealkylation sites (N-methyl/N-ethyl adjacent to an activating group) is 2. The zero-order valence-corrected chi connectivity index (χ0v) is 44.6. The summed E-state index contributed by atoms with van der Waals surface area (Å²) >= 11 is 8.80. The number of fused-ring (bicyclic) bond motifs is 2. The van der Waals surface area contributed by atoms with Gasteiger partial charge in [0.1, 0.15) is 36.3 Å². The summed E-state index contributed by atoms with van der Waals surface area (Å²) < 4.78 is 0. The Morgan fingerprint density at radius 1 is 0.639 bits per heavy atom. The number of amides is 7. The Hall–Kier alpha value is -5.64. The number of thioether (sulfide) groups is 2. The molecule has 4 fully saturated rings. The fourth-order valence-electron chi connectivity index (χ4n) is 9.54. The van der Waals surface area contributed by atoms with Gasteiger partial charge in [0, 0.05) is 0 Å². The van der Waals surface area contributed by atoms with Crippen molar-refractivity contribution in [1.29, 1.82) is 0 Å². The first-order valence-electron chi connectivity index (χ1n) is 24.3. The number of carbonyl (C=O) groups is 7. The molecule has 4 saturated heterocycles. The third-order valence-electron chi connectivity index (χ3n) is 13.7. The van der Waals surface area contributed by atoms with Crippen LogP contribution in [0.4, 0.5) is 0 Å². The van der Waals surface area contributed by atoms with Crippen molar-refractivity contribution in [3.63, 3.8) is 0 Å². The number of carbonyl (C=O) groups excluding carboxylic acids is 7. The maximum Gasteiger partial charge on any atom is 0.247 e. The predicted molar refractivity (Wildman–Crippen MR) is 285 cm³/mol. The van der Waals surface area contributed by atoms with E-state index in [0.717, 1.165) is 0 Å². The molecule has 17 nitrogen and oxygen atoms in total. The van der Waals surface area contributed by atoms with E-state index in [1.54, 1.807) is 109 Å². The lowest BCUT2D eigenvalue weighted by Crippen LogP contribution is -2.58. The number of nitrogens with zero attached hydrogens (tertiary/aromatic N) is 2. The summed E-state index contributed by atoms with van der Waals surface area (Å²) in [5.74, 6) is 9.50. The molecule has 6 rings (SSSR count). The molecule has 0 bridgehead atoms. The summed E-state index contributed by atoms with van der Waals surface area (Å²) in [5, 5.41) is 23.0. The first kappa shape index (κ1) is 55.7. The number of hydrogen-bond acceptors (Lipinski definition) is 12. The van der Waals surface area contributed by atoms with Crippen molar-refractivity contribution in [1.82, 2.24) is 52.3 Å². The van der Waals surface area contributed by atoms with Crippen LogP contribution >= 0.6 is 35.7 Å². The van der Waals surface area contributed by atoms with E-state index >= 15 is 0 Å². The molecule has 4 aliphatic rings. The van der Waals surface area contributed by atoms with Gasteiger partial charge in [-0.25, -0.2) is 0 Å². The highest BCUT2D eigenvalue weighted by molar-refractivity contribution is 8.00. The molecular formula is C52H68N10O7S3. The lowest BCUT2D eigenvalue weighted by atomic mass is 9.83. The van der Waals surface area contributed by atoms with Gasteiger partial charge in [0.2, 0.25) is 41.4 Å². The highest BCUT2D eigenvalue weighted by atomic mass is 32.2. The summed E-state index contributed by atoms with van der Waals surface area (Å²) in [7, 11) is 3.46. The molecule has 0 aliphatic carbocycles. The summed E-state index contributed by atoms with van der Waals surface area (Å²) in [6.45, 7) is 11.2. The largest absolute Gasteiger partial charge is 0.367 e. The number of hydrogen-bond donors (Lipinski definition) is 8. The van der Waals surface area contributed by atoms with Gasteiger partial charge in [-0.05, 0) is 98.9 Å². The first-order chi connectivity index (χ1) is 34.3. The van der Waals surface area contributed by atoms with E-state index in [2.05, 4.69) is 66.2 Å². The topological polar surface area (TPSA) is 222 Å². The van der Waals surface area contributed by atoms with E-state index in [1.165, 1.54) is 0 Å². The molecular weight excluding hydrogens is 973 g/mol. The predicted octanol–water partition coefficient (Wildman–Crippen LogP) is 2.11. The van der Waals surface area contributed by atoms with Crippen molar-refractivity contribution in [3.05, 3.63) is 71.8 Å². The quantitative estimate of drug-likeness (QED) is 0.0894. The van der Waals surface area contributed by atoms with Gasteiger partial charge >= 0.3 is 0 Å². The van der Waals surface area contributed by atoms with Crippen LogP contribution in [-0.2, 0) is 33.6 Å². The average molecular weight is 1040 g/mol. The van der Waals surface area contributed by atoms with Gasteiger partial charge in [-0.1, -0.05) is 112 Å². The van der Waals surface area contributed by atoms with E-state index in [4.69, 9.17) is 12.2 Å². The monoisotopic (exact) mass is 1040 g/mol. The zero-order chi connectivity index (χ0) is 52.3. The van der Waals surface area contributed by atoms with E-state index in [0.29, 0.717) is 53.3 Å². The highest BCUT2D eigenvalue weighted by Gasteiger charge is 2.56. The molecule has 0 unspecified atom stereocenters. The Bertz CT molecular complexity index is 2310. The minimum atomic E-state index is -1.12. The van der Waals surface area contributed by atoms with Crippen LogP contribution in [0.5, 0.6) is 0 Å². The van der Waals surface area contributed by atoms with Crippen LogP contribution in [0.1, 0.15) is 90.4 Å². The van der Waals surface area contributed by atoms with Crippen molar-refractivity contribution in [2.24, 2.45) is 10.8 Å². The first-order valence-corrected chi connectivity index (χ1v) is 26.8. The summed E-state index contributed by atoms with van der Waals surface area (Å²) in [4.78, 5) is 101. The molecule has 8 N–H and O–H groups in total. The Balaban J connectivity index is 1.08. The van der Waals surface area contributed by atoms with E-state index in [-0.39, 0.29) is 47.6 Å². The molecule has 10 atom stereocenters. The Labute approximate surface area is 437 Å². The van der Waals surface area contributed by atoms with Gasteiger partial charge in [-0.2, -0.15) is 0 Å². The second-order valence-corrected chi connectivity index (χ2v) is 22.8. The van der Waals surface area contributed by atoms with Crippen molar-refractivity contribution < 1.29 is 33.6 Å². The van der Waals surface area contributed by atoms with Crippen LogP contribution in [0.2, 0.25) is 0 Å². The molecule has 0 aromatic heterocycles. The highest BCUT2D eigenvalue weighted by Crippen LogP contribution is 2.48. The van der Waals surface area contributed by atoms with E-state index < -0.39 is 76.8 Å². The Kier molecular flexibility index (Phi) is 19.2. The molecule has 4 aliphatic heterocycles. The maximum absolute atomic E-state index is 14.4. The van der Waals surface area contributed by atoms with Crippen molar-refractivity contribution in [2.45, 2.75) is 126 Å². The van der Waals surface area contributed by atoms with Crippen molar-refractivity contribution >= 4 is 82.1 Å². The molecule has 4 heterocycles. The lowest BCUT2D eigenvalue weighted by molar-refractivity contribution is -0.144. The molecule has 7 amide bonds. The number of rotatable bonds is 16. The van der Waals surface area contributed by atoms with Gasteiger partial charge < -0.3 is 52.3 Å². The second kappa shape index (κ2) is 24.9. The number of thiocarbonyl (C=S) groups is 1. The Morgan fingerprint density at radius 2 is 1.04 bits per heavy atom. The van der Waals surface area contributed by atoms with Gasteiger partial charge in [0.05, 0.1) is 40.9 Å². The standard InChI is InChI=1S/C52H68N10O7S3/c1-31(53-7)43(63)57-35-23-27-71-37-29-51(3,4)41(61(37)49(35)68)46(66)59-39(33-19-13-11-14-20-33)44(64)55-25-17-9-10-18-26-56-45(65)40(34-21-15-12-16-22-34)60-47(67)42-52(5,6)30-38-62(42)50(69)36(24-28-72-38)58-48(70)32(2)54-8/h11-16,19-22,31-32,35-42,53-54H,23-30H2,1-8H3,(H,55,64)(H,56,65)(H,57,63)(H,58,70)(H,59,66)(H,60,67)/t31-,32-,35-,36-,37-,38-,39-,40-,41+,42+/m0/s1. The van der Waals surface area contributed by atoms with Gasteiger partial charge in [0.15, 0.2) is 0 Å². The SMILES string of the molecule is CN[C@@H](C)C(=O)N[C@H]1CCS[C@H]2CC(C)(C)[C@@H](C(=O)N[C@H](C(=O)NCC#CC#CCNC(=O)[C@@H](NC(=O)[C@H]3N4C(=O)[C@@H](NC(=S)[C@H](C)NC)CCS[C@H]4CC3(C)C)c3ccccc3)c3ccccc3)N2C1=O. The van der Waals surface area contributed by atoms with Crippen LogP contribution in [0.3, 0.4) is 0 Å². The summed E-state index contributed by atoms with van der Waals surface area (Å²) in [5.41, 5.74) is -0.171. The van der Waals surface area contributed by atoms with Gasteiger partial charge in [0.25, 0.3) is 0 Å². The average Bonchev–Trinajstić information content (AvgIpc) is 3.68. The van der Waals surface area contributed by atoms with Crippen LogP contribution in [0.25, 0.3) is 0 Å². The third-order valence-corrected chi connectivity index (χ3v) is 16.7. The molecule has 72 heavy (non-hydrogen) atoms. The molecule has 2 aromatic rings. The summed E-state index contributed by atoms with van der Waals surface area (Å²) in [6, 6.07) is 11.6. The molecule has 386 valence electrons. The van der Waals surface area contributed by atoms with Crippen LogP contribution in [-0.4, -0.2) is 142 Å². The van der Waals surface area contributed by atoms with Crippen LogP contribution in [0.15, 0.2) is 60.7 Å². The van der Waals surface area contributed by atoms with E-state index in [9.17, 15) is 33.6 Å². The molecule has 20 heteroatoms. The molecule has 0 radical (unpaired) electrons. The minimum Gasteiger partial charge on any atom is -0.367 e. The van der Waals surface area contributed by atoms with Crippen molar-refractivity contribution in [3.8, 4) is 23.7 Å². The van der Waals surface area contributed by atoms with Crippen molar-refractivity contribution in [2.75, 3.05) is 38.7 Å². The molecule has 2 aromatic carbocycles. The molecule has 0 spiro atoms. The fourth-order valence-corrected chi connectivity index (χ4v) is 13.0. The fraction of sp³-hybridized carbons (Fsp3) is 0.538. The third kappa shape index (κ3) is 13.3. The number of benzene rings is 2. The lowest BCUT2D eigenvalue weighted by Gasteiger charge is -2.35. The smallest absolute Gasteiger partial charge is 0.247 e. The van der Waals surface area contributed by atoms with Gasteiger partial charge in [-0.15, -0.1) is 23.5 Å². The normalized spacial score (nSPS) is 24.6. The van der Waals surface area contributed by atoms with E-state index in [1.807, 2.05) is 40.7 Å². The number of nitrogens with one attached hydrogen (secondary N) is 8. The summed E-state index contributed by atoms with van der Waals surface area (Å²) in [6.07, 6.45) is 2.13. The molecule has 0 saturated carbocycles. The maximum atomic E-state index is 14.4. The second-order valence-electron chi connectivity index (χ2n) is 19.8. The zero-order valence-electron chi connectivity index (χ0n) is 42.2.